The molecule has 2 N–H and O–H groups in total. The number of nitrogens with one attached hydrogen (secondary N) is 2. The van der Waals surface area contributed by atoms with Gasteiger partial charge in [-0.1, -0.05) is 6.07 Å². The molecule has 0 spiro atoms. The lowest BCUT2D eigenvalue weighted by atomic mass is 9.94. The third-order valence-corrected chi connectivity index (χ3v) is 6.35. The lowest BCUT2D eigenvalue weighted by Crippen LogP contribution is -2.56. The maximum atomic E-state index is 6.58. The first-order chi connectivity index (χ1) is 16.6. The zero-order chi connectivity index (χ0) is 23.1. The zero-order valence-electron chi connectivity index (χ0n) is 19.2. The summed E-state index contributed by atoms with van der Waals surface area (Å²) in [6, 6.07) is 10.8. The molecular formula is C25H27N7O2. The summed E-state index contributed by atoms with van der Waals surface area (Å²) in [5, 5.41) is 11.6. The van der Waals surface area contributed by atoms with Gasteiger partial charge in [0, 0.05) is 65.8 Å². The molecule has 2 unspecified atom stereocenters. The molecule has 6 rings (SSSR count). The molecule has 34 heavy (non-hydrogen) atoms. The topological polar surface area (TPSA) is 98.5 Å². The van der Waals surface area contributed by atoms with E-state index >= 15 is 0 Å². The molecule has 4 aromatic rings. The number of rotatable bonds is 5. The van der Waals surface area contributed by atoms with Crippen LogP contribution in [0, 0.1) is 13.8 Å². The van der Waals surface area contributed by atoms with Crippen LogP contribution >= 0.6 is 0 Å². The van der Waals surface area contributed by atoms with E-state index in [4.69, 9.17) is 14.6 Å². The van der Waals surface area contributed by atoms with Gasteiger partial charge in [-0.3, -0.25) is 4.98 Å². The van der Waals surface area contributed by atoms with Gasteiger partial charge < -0.3 is 20.1 Å². The lowest BCUT2D eigenvalue weighted by Gasteiger charge is -2.40. The Labute approximate surface area is 197 Å². The first kappa shape index (κ1) is 21.0. The summed E-state index contributed by atoms with van der Waals surface area (Å²) in [6.45, 7) is 5.42. The molecule has 2 atom stereocenters. The highest BCUT2D eigenvalue weighted by Gasteiger charge is 2.33. The molecule has 2 bridgehead atoms. The molecule has 0 amide bonds. The second-order valence-corrected chi connectivity index (χ2v) is 9.08. The van der Waals surface area contributed by atoms with Crippen LogP contribution in [0.2, 0.25) is 0 Å². The third kappa shape index (κ3) is 4.20. The quantitative estimate of drug-likeness (QED) is 0.470. The Hall–Kier alpha value is -3.56. The molecule has 0 saturated carbocycles. The number of fused-ring (bicyclic) bond motifs is 3. The minimum Gasteiger partial charge on any atom is -0.488 e. The number of nitrogens with zero attached hydrogens (tertiary/aromatic N) is 5. The van der Waals surface area contributed by atoms with E-state index in [1.54, 1.807) is 6.33 Å². The number of hydrogen-bond donors (Lipinski definition) is 2. The van der Waals surface area contributed by atoms with Crippen molar-refractivity contribution < 1.29 is 9.47 Å². The molecular weight excluding hydrogens is 430 g/mol. The van der Waals surface area contributed by atoms with Gasteiger partial charge in [-0.25, -0.2) is 14.5 Å². The number of piperidine rings is 1. The van der Waals surface area contributed by atoms with Crippen molar-refractivity contribution in [3.63, 3.8) is 0 Å². The summed E-state index contributed by atoms with van der Waals surface area (Å²) in [4.78, 5) is 13.0. The number of aryl methyl sites for hydroxylation is 2. The smallest absolute Gasteiger partial charge is 0.154 e. The van der Waals surface area contributed by atoms with E-state index < -0.39 is 0 Å². The van der Waals surface area contributed by atoms with Crippen LogP contribution in [0.25, 0.3) is 16.6 Å². The Morgan fingerprint density at radius 1 is 1.00 bits per heavy atom. The fourth-order valence-corrected chi connectivity index (χ4v) is 4.87. The van der Waals surface area contributed by atoms with Gasteiger partial charge in [-0.15, -0.1) is 0 Å². The van der Waals surface area contributed by atoms with Gasteiger partial charge in [0.05, 0.1) is 24.9 Å². The van der Waals surface area contributed by atoms with Crippen molar-refractivity contribution >= 4 is 17.2 Å². The fraction of sp³-hybridized carbons (Fsp3) is 0.360. The van der Waals surface area contributed by atoms with Gasteiger partial charge in [0.25, 0.3) is 0 Å². The van der Waals surface area contributed by atoms with Crippen LogP contribution in [-0.4, -0.2) is 56.0 Å². The first-order valence-corrected chi connectivity index (χ1v) is 11.6. The molecule has 2 fully saturated rings. The maximum Gasteiger partial charge on any atom is 0.154 e. The highest BCUT2D eigenvalue weighted by molar-refractivity contribution is 5.85. The van der Waals surface area contributed by atoms with Crippen LogP contribution in [-0.2, 0) is 4.74 Å². The Balaban J connectivity index is 1.34. The van der Waals surface area contributed by atoms with Gasteiger partial charge in [-0.05, 0) is 26.0 Å². The Morgan fingerprint density at radius 3 is 2.65 bits per heavy atom. The summed E-state index contributed by atoms with van der Waals surface area (Å²) in [6.07, 6.45) is 7.31. The molecule has 9 heteroatoms. The van der Waals surface area contributed by atoms with E-state index in [1.165, 1.54) is 0 Å². The van der Waals surface area contributed by atoms with E-state index in [1.807, 2.05) is 49.0 Å². The third-order valence-electron chi connectivity index (χ3n) is 6.35. The van der Waals surface area contributed by atoms with E-state index in [0.29, 0.717) is 23.7 Å². The molecule has 9 nitrogen and oxygen atoms in total. The molecule has 174 valence electrons. The van der Waals surface area contributed by atoms with E-state index in [-0.39, 0.29) is 6.10 Å². The number of hydrogen-bond acceptors (Lipinski definition) is 8. The molecule has 4 aromatic heterocycles. The van der Waals surface area contributed by atoms with E-state index in [2.05, 4.69) is 37.7 Å². The van der Waals surface area contributed by atoms with Crippen LogP contribution in [0.15, 0.2) is 49.1 Å². The van der Waals surface area contributed by atoms with Gasteiger partial charge >= 0.3 is 0 Å². The fourth-order valence-electron chi connectivity index (χ4n) is 4.87. The molecule has 2 aliphatic rings. The van der Waals surface area contributed by atoms with Crippen LogP contribution in [0.4, 0.5) is 11.6 Å². The minimum absolute atomic E-state index is 0.131. The van der Waals surface area contributed by atoms with Crippen molar-refractivity contribution in [2.75, 3.05) is 18.5 Å². The summed E-state index contributed by atoms with van der Waals surface area (Å²) < 4.78 is 14.1. The van der Waals surface area contributed by atoms with Crippen molar-refractivity contribution in [3.8, 4) is 16.9 Å². The predicted molar refractivity (Wildman–Crippen MR) is 128 cm³/mol. The second kappa shape index (κ2) is 8.66. The van der Waals surface area contributed by atoms with Gasteiger partial charge in [0.1, 0.15) is 24.0 Å². The van der Waals surface area contributed by atoms with Crippen LogP contribution in [0.3, 0.4) is 0 Å². The molecule has 2 aliphatic heterocycles. The minimum atomic E-state index is 0.131. The van der Waals surface area contributed by atoms with Crippen molar-refractivity contribution in [3.05, 3.63) is 60.4 Å². The SMILES string of the molecule is Cc1cc(Nc2cc3c(-c4cc(C)ncc4OC4CC5COCC(C4)N5)cccn3n2)ncn1. The van der Waals surface area contributed by atoms with E-state index in [9.17, 15) is 0 Å². The van der Waals surface area contributed by atoms with Gasteiger partial charge in [0.2, 0.25) is 0 Å². The monoisotopic (exact) mass is 457 g/mol. The summed E-state index contributed by atoms with van der Waals surface area (Å²) in [5.74, 6) is 2.22. The maximum absolute atomic E-state index is 6.58. The van der Waals surface area contributed by atoms with Gasteiger partial charge in [-0.2, -0.15) is 5.10 Å². The highest BCUT2D eigenvalue weighted by Crippen LogP contribution is 2.36. The number of morpholine rings is 1. The number of aromatic nitrogens is 5. The summed E-state index contributed by atoms with van der Waals surface area (Å²) in [5.41, 5.74) is 4.86. The predicted octanol–water partition coefficient (Wildman–Crippen LogP) is 3.44. The average Bonchev–Trinajstić information content (AvgIpc) is 3.22. The van der Waals surface area contributed by atoms with Crippen LogP contribution in [0.5, 0.6) is 5.75 Å². The van der Waals surface area contributed by atoms with Gasteiger partial charge in [0.15, 0.2) is 5.82 Å². The number of anilines is 2. The molecule has 0 aliphatic carbocycles. The lowest BCUT2D eigenvalue weighted by molar-refractivity contribution is -0.0122. The van der Waals surface area contributed by atoms with Crippen molar-refractivity contribution in [1.29, 1.82) is 0 Å². The largest absolute Gasteiger partial charge is 0.488 e. The highest BCUT2D eigenvalue weighted by atomic mass is 16.5. The van der Waals surface area contributed by atoms with Crippen molar-refractivity contribution in [2.45, 2.75) is 44.9 Å². The van der Waals surface area contributed by atoms with Crippen molar-refractivity contribution in [2.24, 2.45) is 0 Å². The number of ether oxygens (including phenoxy) is 2. The molecule has 2 saturated heterocycles. The summed E-state index contributed by atoms with van der Waals surface area (Å²) in [7, 11) is 0. The normalized spacial score (nSPS) is 22.0. The molecule has 6 heterocycles. The zero-order valence-corrected chi connectivity index (χ0v) is 19.2. The Morgan fingerprint density at radius 2 is 1.82 bits per heavy atom. The second-order valence-electron chi connectivity index (χ2n) is 9.08. The molecule has 0 aromatic carbocycles. The average molecular weight is 458 g/mol. The standard InChI is InChI=1S/C25H27N7O2/c1-15-6-21(23(11-26-15)34-19-8-17-12-33-13-18(9-19)29-17)20-4-3-5-32-22(20)10-25(31-32)30-24-7-16(2)27-14-28-24/h3-7,10-11,14,17-19,29H,8-9,12-13H2,1-2H3,(H,27,28,30,31). The molecule has 0 radical (unpaired) electrons. The number of pyridine rings is 2. The van der Waals surface area contributed by atoms with Crippen LogP contribution in [0.1, 0.15) is 24.2 Å². The summed E-state index contributed by atoms with van der Waals surface area (Å²) >= 11 is 0. The first-order valence-electron chi connectivity index (χ1n) is 11.6. The van der Waals surface area contributed by atoms with Crippen molar-refractivity contribution in [1.82, 2.24) is 29.9 Å². The Kier molecular flexibility index (Phi) is 5.35. The Bertz CT molecular complexity index is 1330. The van der Waals surface area contributed by atoms with E-state index in [0.717, 1.165) is 59.8 Å². The van der Waals surface area contributed by atoms with Crippen LogP contribution < -0.4 is 15.4 Å².